The number of hydrogen-bond donors (Lipinski definition) is 0. The van der Waals surface area contributed by atoms with Gasteiger partial charge in [0.25, 0.3) is 5.91 Å². The molecule has 0 radical (unpaired) electrons. The van der Waals surface area contributed by atoms with Crippen LogP contribution in [0.15, 0.2) is 39.4 Å². The van der Waals surface area contributed by atoms with Crippen molar-refractivity contribution in [1.29, 1.82) is 0 Å². The molecular weight excluding hydrogens is 324 g/mol. The Morgan fingerprint density at radius 2 is 2.00 bits per heavy atom. The van der Waals surface area contributed by atoms with E-state index in [0.29, 0.717) is 41.0 Å². The van der Waals surface area contributed by atoms with Gasteiger partial charge in [0.2, 0.25) is 11.7 Å². The summed E-state index contributed by atoms with van der Waals surface area (Å²) in [6, 6.07) is 8.82. The molecule has 0 fully saturated rings. The molecule has 2 aromatic heterocycles. The van der Waals surface area contributed by atoms with Crippen molar-refractivity contribution in [3.8, 4) is 5.75 Å². The van der Waals surface area contributed by atoms with Gasteiger partial charge in [-0.2, -0.15) is 4.98 Å². The third kappa shape index (κ3) is 4.03. The van der Waals surface area contributed by atoms with Crippen molar-refractivity contribution in [3.05, 3.63) is 59.1 Å². The number of nitrogens with zero attached hydrogens (tertiary/aromatic N) is 4. The van der Waals surface area contributed by atoms with E-state index in [9.17, 15) is 4.79 Å². The minimum Gasteiger partial charge on any atom is -0.485 e. The molecule has 130 valence electrons. The Balaban J connectivity index is 1.71. The molecule has 0 aliphatic heterocycles. The molecule has 0 bridgehead atoms. The van der Waals surface area contributed by atoms with Crippen LogP contribution in [0.5, 0.6) is 5.75 Å². The van der Waals surface area contributed by atoms with E-state index in [-0.39, 0.29) is 12.5 Å². The molecule has 1 amide bonds. The Kier molecular flexibility index (Phi) is 4.78. The second-order valence-corrected chi connectivity index (χ2v) is 5.60. The predicted octanol–water partition coefficient (Wildman–Crippen LogP) is 2.53. The average molecular weight is 342 g/mol. The van der Waals surface area contributed by atoms with Crippen molar-refractivity contribution in [2.24, 2.45) is 0 Å². The lowest BCUT2D eigenvalue weighted by molar-refractivity contribution is 0.0777. The molecule has 8 heteroatoms. The number of aromatic nitrogens is 3. The maximum absolute atomic E-state index is 12.7. The lowest BCUT2D eigenvalue weighted by Crippen LogP contribution is -2.26. The molecule has 1 aromatic carbocycles. The summed E-state index contributed by atoms with van der Waals surface area (Å²) in [6.07, 6.45) is 0. The predicted molar refractivity (Wildman–Crippen MR) is 86.8 cm³/mol. The number of carbonyl (C=O) groups excluding carboxylic acids is 1. The van der Waals surface area contributed by atoms with Gasteiger partial charge in [0.05, 0.1) is 12.1 Å². The van der Waals surface area contributed by atoms with E-state index in [1.54, 1.807) is 56.1 Å². The summed E-state index contributed by atoms with van der Waals surface area (Å²) in [7, 11) is 1.70. The molecule has 25 heavy (non-hydrogen) atoms. The Morgan fingerprint density at radius 3 is 2.68 bits per heavy atom. The number of rotatable bonds is 6. The monoisotopic (exact) mass is 342 g/mol. The molecule has 0 N–H and O–H groups in total. The van der Waals surface area contributed by atoms with E-state index in [1.807, 2.05) is 0 Å². The van der Waals surface area contributed by atoms with Gasteiger partial charge in [0, 0.05) is 20.0 Å². The molecule has 0 spiro atoms. The fourth-order valence-electron chi connectivity index (χ4n) is 2.32. The molecule has 2 heterocycles. The summed E-state index contributed by atoms with van der Waals surface area (Å²) in [5.74, 6) is 1.87. The van der Waals surface area contributed by atoms with Gasteiger partial charge >= 0.3 is 0 Å². The number of aryl methyl sites for hydroxylation is 2. The zero-order valence-corrected chi connectivity index (χ0v) is 14.2. The SMILES string of the molecule is Cc1cc(CN(C)C(=O)c2ccccc2OCc2noc(C)n2)no1. The summed E-state index contributed by atoms with van der Waals surface area (Å²) in [5.41, 5.74) is 1.14. The van der Waals surface area contributed by atoms with Crippen LogP contribution < -0.4 is 4.74 Å². The van der Waals surface area contributed by atoms with Gasteiger partial charge in [0.1, 0.15) is 17.2 Å². The van der Waals surface area contributed by atoms with Crippen molar-refractivity contribution in [1.82, 2.24) is 20.2 Å². The van der Waals surface area contributed by atoms with Crippen molar-refractivity contribution in [2.75, 3.05) is 7.05 Å². The average Bonchev–Trinajstić information content (AvgIpc) is 3.20. The zero-order chi connectivity index (χ0) is 17.8. The number of carbonyl (C=O) groups is 1. The summed E-state index contributed by atoms with van der Waals surface area (Å²) >= 11 is 0. The Morgan fingerprint density at radius 1 is 1.20 bits per heavy atom. The molecule has 8 nitrogen and oxygen atoms in total. The lowest BCUT2D eigenvalue weighted by Gasteiger charge is -2.17. The van der Waals surface area contributed by atoms with Gasteiger partial charge in [-0.05, 0) is 19.1 Å². The van der Waals surface area contributed by atoms with Crippen LogP contribution in [0.3, 0.4) is 0 Å². The molecular formula is C17H18N4O4. The Hall–Kier alpha value is -3.16. The van der Waals surface area contributed by atoms with Gasteiger partial charge in [0.15, 0.2) is 6.61 Å². The number of ether oxygens (including phenoxy) is 1. The first-order valence-corrected chi connectivity index (χ1v) is 7.71. The molecule has 3 rings (SSSR count). The highest BCUT2D eigenvalue weighted by atomic mass is 16.5. The molecule has 3 aromatic rings. The quantitative estimate of drug-likeness (QED) is 0.679. The van der Waals surface area contributed by atoms with Crippen molar-refractivity contribution >= 4 is 5.91 Å². The number of para-hydroxylation sites is 1. The van der Waals surface area contributed by atoms with E-state index in [1.165, 1.54) is 0 Å². The first kappa shape index (κ1) is 16.7. The van der Waals surface area contributed by atoms with Crippen LogP contribution in [0.4, 0.5) is 0 Å². The van der Waals surface area contributed by atoms with E-state index >= 15 is 0 Å². The minimum absolute atomic E-state index is 0.119. The summed E-state index contributed by atoms with van der Waals surface area (Å²) in [6.45, 7) is 3.97. The Labute approximate surface area is 144 Å². The standard InChI is InChI=1S/C17H18N4O4/c1-11-8-13(19-24-11)9-21(3)17(22)14-6-4-5-7-15(14)23-10-16-18-12(2)25-20-16/h4-8H,9-10H2,1-3H3. The van der Waals surface area contributed by atoms with Gasteiger partial charge in [-0.15, -0.1) is 0 Å². The van der Waals surface area contributed by atoms with Crippen LogP contribution in [-0.4, -0.2) is 33.2 Å². The van der Waals surface area contributed by atoms with E-state index in [2.05, 4.69) is 15.3 Å². The topological polar surface area (TPSA) is 94.5 Å². The van der Waals surface area contributed by atoms with E-state index < -0.39 is 0 Å². The smallest absolute Gasteiger partial charge is 0.257 e. The van der Waals surface area contributed by atoms with E-state index in [4.69, 9.17) is 13.8 Å². The lowest BCUT2D eigenvalue weighted by atomic mass is 10.1. The highest BCUT2D eigenvalue weighted by Crippen LogP contribution is 2.21. The maximum Gasteiger partial charge on any atom is 0.257 e. The van der Waals surface area contributed by atoms with Gasteiger partial charge < -0.3 is 18.7 Å². The van der Waals surface area contributed by atoms with Crippen LogP contribution in [0.25, 0.3) is 0 Å². The normalized spacial score (nSPS) is 10.7. The highest BCUT2D eigenvalue weighted by Gasteiger charge is 2.18. The van der Waals surface area contributed by atoms with E-state index in [0.717, 1.165) is 0 Å². The van der Waals surface area contributed by atoms with Crippen molar-refractivity contribution in [3.63, 3.8) is 0 Å². The van der Waals surface area contributed by atoms with Crippen LogP contribution in [0, 0.1) is 13.8 Å². The second-order valence-electron chi connectivity index (χ2n) is 5.60. The zero-order valence-electron chi connectivity index (χ0n) is 14.2. The van der Waals surface area contributed by atoms with Crippen LogP contribution >= 0.6 is 0 Å². The van der Waals surface area contributed by atoms with Gasteiger partial charge in [-0.25, -0.2) is 0 Å². The third-order valence-corrected chi connectivity index (χ3v) is 3.47. The summed E-state index contributed by atoms with van der Waals surface area (Å²) < 4.78 is 15.6. The van der Waals surface area contributed by atoms with Crippen LogP contribution in [-0.2, 0) is 13.2 Å². The van der Waals surface area contributed by atoms with Gasteiger partial charge in [-0.1, -0.05) is 22.4 Å². The maximum atomic E-state index is 12.7. The molecule has 0 aliphatic rings. The third-order valence-electron chi connectivity index (χ3n) is 3.47. The van der Waals surface area contributed by atoms with Crippen molar-refractivity contribution < 1.29 is 18.6 Å². The van der Waals surface area contributed by atoms with Crippen LogP contribution in [0.2, 0.25) is 0 Å². The fourth-order valence-corrected chi connectivity index (χ4v) is 2.32. The number of hydrogen-bond acceptors (Lipinski definition) is 7. The van der Waals surface area contributed by atoms with Crippen LogP contribution in [0.1, 0.15) is 33.5 Å². The first-order valence-electron chi connectivity index (χ1n) is 7.71. The van der Waals surface area contributed by atoms with Gasteiger partial charge in [-0.3, -0.25) is 4.79 Å². The number of amides is 1. The summed E-state index contributed by atoms with van der Waals surface area (Å²) in [5, 5.41) is 7.68. The largest absolute Gasteiger partial charge is 0.485 e. The fraction of sp³-hybridized carbons (Fsp3) is 0.294. The second kappa shape index (κ2) is 7.16. The first-order chi connectivity index (χ1) is 12.0. The minimum atomic E-state index is -0.180. The molecule has 0 saturated heterocycles. The number of benzene rings is 1. The molecule has 0 aliphatic carbocycles. The molecule has 0 unspecified atom stereocenters. The molecule has 0 atom stereocenters. The van der Waals surface area contributed by atoms with Crippen molar-refractivity contribution in [2.45, 2.75) is 27.0 Å². The molecule has 0 saturated carbocycles. The summed E-state index contributed by atoms with van der Waals surface area (Å²) in [4.78, 5) is 18.4. The highest BCUT2D eigenvalue weighted by molar-refractivity contribution is 5.96. The Bertz CT molecular complexity index is 871.